The number of methoxy groups -OCH3 is 2. The van der Waals surface area contributed by atoms with Gasteiger partial charge in [-0.15, -0.1) is 0 Å². The van der Waals surface area contributed by atoms with Crippen molar-refractivity contribution in [1.82, 2.24) is 4.57 Å². The minimum atomic E-state index is -0.487. The monoisotopic (exact) mass is 444 g/mol. The summed E-state index contributed by atoms with van der Waals surface area (Å²) in [6, 6.07) is 10.4. The van der Waals surface area contributed by atoms with Crippen molar-refractivity contribution < 1.29 is 28.5 Å². The third-order valence-corrected chi connectivity index (χ3v) is 5.40. The molecule has 2 aromatic carbocycles. The number of esters is 1. The summed E-state index contributed by atoms with van der Waals surface area (Å²) in [5, 5.41) is 0. The Hall–Kier alpha value is -3.33. The summed E-state index contributed by atoms with van der Waals surface area (Å²) in [5.74, 6) is 0.654. The van der Waals surface area contributed by atoms with Gasteiger partial charge in [0.15, 0.2) is 4.80 Å². The maximum atomic E-state index is 13.0. The number of rotatable bonds is 8. The number of amides is 1. The van der Waals surface area contributed by atoms with Crippen LogP contribution in [0, 0.1) is 0 Å². The lowest BCUT2D eigenvalue weighted by molar-refractivity contribution is -0.143. The summed E-state index contributed by atoms with van der Waals surface area (Å²) in [7, 11) is 3.02. The summed E-state index contributed by atoms with van der Waals surface area (Å²) in [4.78, 5) is 29.9. The number of fused-ring (bicyclic) bond motifs is 1. The van der Waals surface area contributed by atoms with Crippen LogP contribution in [-0.2, 0) is 16.1 Å². The molecule has 0 aliphatic rings. The smallest absolute Gasteiger partial charge is 0.326 e. The maximum Gasteiger partial charge on any atom is 0.326 e. The molecule has 0 unspecified atom stereocenters. The Morgan fingerprint density at radius 2 is 1.74 bits per heavy atom. The van der Waals surface area contributed by atoms with Crippen LogP contribution >= 0.6 is 11.3 Å². The van der Waals surface area contributed by atoms with Crippen molar-refractivity contribution in [3.05, 3.63) is 46.8 Å². The lowest BCUT2D eigenvalue weighted by Crippen LogP contribution is -2.23. The Morgan fingerprint density at radius 3 is 2.35 bits per heavy atom. The van der Waals surface area contributed by atoms with Crippen LogP contribution in [0.15, 0.2) is 41.4 Å². The van der Waals surface area contributed by atoms with Crippen LogP contribution in [-0.4, -0.2) is 43.9 Å². The molecule has 8 nitrogen and oxygen atoms in total. The molecule has 0 fully saturated rings. The van der Waals surface area contributed by atoms with Crippen LogP contribution < -0.4 is 19.0 Å². The predicted molar refractivity (Wildman–Crippen MR) is 117 cm³/mol. The first-order valence-corrected chi connectivity index (χ1v) is 10.5. The van der Waals surface area contributed by atoms with Crippen LogP contribution in [0.2, 0.25) is 0 Å². The summed E-state index contributed by atoms with van der Waals surface area (Å²) in [6.07, 6.45) is 0. The largest absolute Gasteiger partial charge is 0.497 e. The van der Waals surface area contributed by atoms with E-state index in [0.29, 0.717) is 39.7 Å². The molecule has 0 aliphatic heterocycles. The Balaban J connectivity index is 2.16. The molecule has 0 radical (unpaired) electrons. The van der Waals surface area contributed by atoms with E-state index >= 15 is 0 Å². The highest BCUT2D eigenvalue weighted by atomic mass is 32.1. The third kappa shape index (κ3) is 5.05. The summed E-state index contributed by atoms with van der Waals surface area (Å²) in [6.45, 7) is 4.25. The molecule has 0 N–H and O–H groups in total. The van der Waals surface area contributed by atoms with Crippen LogP contribution in [0.1, 0.15) is 24.2 Å². The first-order valence-electron chi connectivity index (χ1n) is 9.73. The van der Waals surface area contributed by atoms with Gasteiger partial charge in [0.2, 0.25) is 0 Å². The minimum absolute atomic E-state index is 0.0918. The fraction of sp³-hybridized carbons (Fsp3) is 0.318. The van der Waals surface area contributed by atoms with Crippen molar-refractivity contribution in [3.63, 3.8) is 0 Å². The number of thiazole rings is 1. The van der Waals surface area contributed by atoms with E-state index in [9.17, 15) is 9.59 Å². The predicted octanol–water partition coefficient (Wildman–Crippen LogP) is 3.42. The zero-order valence-corrected chi connectivity index (χ0v) is 18.7. The van der Waals surface area contributed by atoms with Gasteiger partial charge >= 0.3 is 5.97 Å². The van der Waals surface area contributed by atoms with E-state index in [1.807, 2.05) is 25.1 Å². The minimum Gasteiger partial charge on any atom is -0.497 e. The molecule has 1 aromatic heterocycles. The quantitative estimate of drug-likeness (QED) is 0.495. The van der Waals surface area contributed by atoms with Gasteiger partial charge in [0.1, 0.15) is 29.3 Å². The number of ether oxygens (including phenoxy) is 4. The van der Waals surface area contributed by atoms with Gasteiger partial charge < -0.3 is 23.5 Å². The number of benzene rings is 2. The molecule has 3 rings (SSSR count). The van der Waals surface area contributed by atoms with Crippen molar-refractivity contribution in [1.29, 1.82) is 0 Å². The van der Waals surface area contributed by atoms with E-state index in [1.165, 1.54) is 25.6 Å². The topological polar surface area (TPSA) is 88.4 Å². The fourth-order valence-electron chi connectivity index (χ4n) is 3.02. The van der Waals surface area contributed by atoms with E-state index in [1.54, 1.807) is 29.7 Å². The molecule has 0 saturated heterocycles. The SMILES string of the molecule is CCOC(=O)Cn1c(=NC(=O)c2cc(OC)cc(OC)c2)sc2cccc(OCC)c21. The van der Waals surface area contributed by atoms with Gasteiger partial charge in [-0.2, -0.15) is 4.99 Å². The highest BCUT2D eigenvalue weighted by Gasteiger charge is 2.17. The van der Waals surface area contributed by atoms with E-state index in [4.69, 9.17) is 18.9 Å². The molecule has 0 aliphatic carbocycles. The molecule has 31 heavy (non-hydrogen) atoms. The van der Waals surface area contributed by atoms with Crippen molar-refractivity contribution in [2.24, 2.45) is 4.99 Å². The second-order valence-electron chi connectivity index (χ2n) is 6.33. The Kier molecular flexibility index (Phi) is 7.30. The van der Waals surface area contributed by atoms with E-state index < -0.39 is 11.9 Å². The van der Waals surface area contributed by atoms with Gasteiger partial charge in [0.25, 0.3) is 5.91 Å². The Labute approximate surface area is 183 Å². The van der Waals surface area contributed by atoms with Crippen LogP contribution in [0.5, 0.6) is 17.2 Å². The van der Waals surface area contributed by atoms with Gasteiger partial charge in [0.05, 0.1) is 32.1 Å². The van der Waals surface area contributed by atoms with Crippen molar-refractivity contribution in [2.45, 2.75) is 20.4 Å². The number of hydrogen-bond donors (Lipinski definition) is 0. The number of hydrogen-bond acceptors (Lipinski definition) is 7. The van der Waals surface area contributed by atoms with Gasteiger partial charge in [-0.3, -0.25) is 9.59 Å². The first-order chi connectivity index (χ1) is 15.0. The first kappa shape index (κ1) is 22.4. The molecule has 0 saturated carbocycles. The van der Waals surface area contributed by atoms with E-state index in [-0.39, 0.29) is 13.2 Å². The average Bonchev–Trinajstić information content (AvgIpc) is 3.11. The molecular weight excluding hydrogens is 420 g/mol. The zero-order chi connectivity index (χ0) is 22.4. The van der Waals surface area contributed by atoms with Crippen LogP contribution in [0.3, 0.4) is 0 Å². The highest BCUT2D eigenvalue weighted by molar-refractivity contribution is 7.16. The summed E-state index contributed by atoms with van der Waals surface area (Å²) < 4.78 is 23.8. The van der Waals surface area contributed by atoms with Gasteiger partial charge in [-0.25, -0.2) is 0 Å². The summed E-state index contributed by atoms with van der Waals surface area (Å²) >= 11 is 1.29. The number of aromatic nitrogens is 1. The van der Waals surface area contributed by atoms with Gasteiger partial charge in [0, 0.05) is 11.6 Å². The normalized spacial score (nSPS) is 11.4. The van der Waals surface area contributed by atoms with Crippen molar-refractivity contribution in [2.75, 3.05) is 27.4 Å². The number of nitrogens with zero attached hydrogens (tertiary/aromatic N) is 2. The van der Waals surface area contributed by atoms with Gasteiger partial charge in [-0.05, 0) is 38.1 Å². The molecule has 0 spiro atoms. The molecule has 3 aromatic rings. The third-order valence-electron chi connectivity index (χ3n) is 4.35. The second kappa shape index (κ2) is 10.1. The molecule has 0 bridgehead atoms. The molecule has 9 heteroatoms. The molecule has 164 valence electrons. The lowest BCUT2D eigenvalue weighted by atomic mass is 10.2. The fourth-order valence-corrected chi connectivity index (χ4v) is 4.06. The van der Waals surface area contributed by atoms with Crippen molar-refractivity contribution >= 4 is 33.4 Å². The van der Waals surface area contributed by atoms with E-state index in [2.05, 4.69) is 4.99 Å². The maximum absolute atomic E-state index is 13.0. The molecular formula is C22H24N2O6S. The zero-order valence-electron chi connectivity index (χ0n) is 17.8. The summed E-state index contributed by atoms with van der Waals surface area (Å²) in [5.41, 5.74) is 0.999. The lowest BCUT2D eigenvalue weighted by Gasteiger charge is -2.09. The second-order valence-corrected chi connectivity index (χ2v) is 7.34. The standard InChI is InChI=1S/C22H24N2O6S/c1-5-29-17-8-7-9-18-20(17)24(13-19(25)30-6-2)22(31-18)23-21(26)14-10-15(27-3)12-16(11-14)28-4/h7-12H,5-6,13H2,1-4H3. The average molecular weight is 445 g/mol. The molecule has 1 heterocycles. The molecule has 0 atom stereocenters. The number of para-hydroxylation sites is 1. The van der Waals surface area contributed by atoms with Crippen molar-refractivity contribution in [3.8, 4) is 17.2 Å². The molecule has 1 amide bonds. The van der Waals surface area contributed by atoms with E-state index in [0.717, 1.165) is 4.70 Å². The van der Waals surface area contributed by atoms with Gasteiger partial charge in [-0.1, -0.05) is 17.4 Å². The number of carbonyl (C=O) groups is 2. The van der Waals surface area contributed by atoms with Crippen LogP contribution in [0.4, 0.5) is 0 Å². The van der Waals surface area contributed by atoms with Crippen LogP contribution in [0.25, 0.3) is 10.2 Å². The number of carbonyl (C=O) groups excluding carboxylic acids is 2. The highest BCUT2D eigenvalue weighted by Crippen LogP contribution is 2.28. The Morgan fingerprint density at radius 1 is 1.03 bits per heavy atom. The Bertz CT molecular complexity index is 1140.